The van der Waals surface area contributed by atoms with Gasteiger partial charge in [-0.25, -0.2) is 0 Å². The summed E-state index contributed by atoms with van der Waals surface area (Å²) in [7, 11) is 0. The number of nitrogens with zero attached hydrogens (tertiary/aromatic N) is 1. The Bertz CT molecular complexity index is 2020. The van der Waals surface area contributed by atoms with Crippen molar-refractivity contribution in [2.75, 3.05) is 13.1 Å². The highest BCUT2D eigenvalue weighted by Crippen LogP contribution is 2.65. The van der Waals surface area contributed by atoms with Crippen molar-refractivity contribution in [3.8, 4) is 23.0 Å². The quantitative estimate of drug-likeness (QED) is 0.249. The summed E-state index contributed by atoms with van der Waals surface area (Å²) in [5.41, 5.74) is 0.237. The number of ether oxygens (including phenoxy) is 4. The maximum atomic E-state index is 13.6. The highest BCUT2D eigenvalue weighted by molar-refractivity contribution is 5.99. The molecule has 0 aromatic heterocycles. The Morgan fingerprint density at radius 3 is 2.18 bits per heavy atom. The van der Waals surface area contributed by atoms with Crippen LogP contribution in [0.15, 0.2) is 36.4 Å². The van der Waals surface area contributed by atoms with E-state index in [2.05, 4.69) is 4.90 Å². The Labute approximate surface area is 287 Å². The zero-order valence-corrected chi connectivity index (χ0v) is 27.8. The molecule has 0 unspecified atom stereocenters. The van der Waals surface area contributed by atoms with E-state index in [4.69, 9.17) is 18.9 Å². The average Bonchev–Trinajstić information content (AvgIpc) is 3.79. The van der Waals surface area contributed by atoms with Crippen molar-refractivity contribution in [3.63, 3.8) is 0 Å². The third-order valence-corrected chi connectivity index (χ3v) is 11.2. The molecule has 1 saturated heterocycles. The number of hydrogen-bond acceptors (Lipinski definition) is 11. The first kappa shape index (κ1) is 32.4. The minimum absolute atomic E-state index is 0.0186. The molecule has 3 fully saturated rings. The Balaban J connectivity index is 1.13. The van der Waals surface area contributed by atoms with Crippen LogP contribution in [0, 0.1) is 5.92 Å². The fourth-order valence-corrected chi connectivity index (χ4v) is 9.06. The van der Waals surface area contributed by atoms with E-state index in [-0.39, 0.29) is 47.5 Å². The number of carboxylic acids is 1. The molecule has 5 aliphatic rings. The molecule has 50 heavy (non-hydrogen) atoms. The standard InChI is InChI=1S/C38H37NO11/c1-19(40)47-33-23(16-30(43)44)5-8-26-25(33)9-6-24(34(26)48-20(2)41)17-31(45)49-28-10-7-22-15-29-38(46)12-11-27(42)36-37(38,32(22)35(28)50-36)13-14-39(29)18-21-3-4-21/h5-10,21,29,36,46H,3-4,11-18H2,1-2H3,(H,43,44)/t29-,36+,37+,38-/m1/s1. The van der Waals surface area contributed by atoms with E-state index >= 15 is 0 Å². The van der Waals surface area contributed by atoms with Gasteiger partial charge in [-0.2, -0.15) is 0 Å². The number of aliphatic hydroxyl groups is 1. The van der Waals surface area contributed by atoms with Crippen LogP contribution < -0.4 is 18.9 Å². The van der Waals surface area contributed by atoms with Gasteiger partial charge >= 0.3 is 23.9 Å². The number of piperidine rings is 1. The van der Waals surface area contributed by atoms with Crippen molar-refractivity contribution in [1.29, 1.82) is 0 Å². The van der Waals surface area contributed by atoms with Crippen molar-refractivity contribution in [2.45, 2.75) is 88.4 Å². The van der Waals surface area contributed by atoms with Gasteiger partial charge in [-0.3, -0.25) is 28.9 Å². The van der Waals surface area contributed by atoms with Gasteiger partial charge in [0.05, 0.1) is 23.9 Å². The summed E-state index contributed by atoms with van der Waals surface area (Å²) < 4.78 is 23.3. The minimum atomic E-state index is -1.15. The number of carbonyl (C=O) groups is 5. The number of benzene rings is 3. The molecule has 3 aromatic carbocycles. The van der Waals surface area contributed by atoms with Crippen molar-refractivity contribution >= 4 is 40.4 Å². The van der Waals surface area contributed by atoms with Crippen molar-refractivity contribution < 1.29 is 53.1 Å². The van der Waals surface area contributed by atoms with E-state index in [0.29, 0.717) is 47.3 Å². The smallest absolute Gasteiger partial charge is 0.315 e. The van der Waals surface area contributed by atoms with Crippen LogP contribution in [0.4, 0.5) is 0 Å². The van der Waals surface area contributed by atoms with Gasteiger partial charge in [0.25, 0.3) is 0 Å². The monoisotopic (exact) mass is 683 g/mol. The third-order valence-electron chi connectivity index (χ3n) is 11.2. The normalized spacial score (nSPS) is 26.2. The molecule has 3 aliphatic carbocycles. The van der Waals surface area contributed by atoms with E-state index in [1.54, 1.807) is 18.2 Å². The van der Waals surface area contributed by atoms with Gasteiger partial charge in [0.15, 0.2) is 23.4 Å². The Morgan fingerprint density at radius 1 is 0.900 bits per heavy atom. The molecule has 0 radical (unpaired) electrons. The number of hydrogen-bond donors (Lipinski definition) is 2. The van der Waals surface area contributed by atoms with E-state index in [1.807, 2.05) is 6.07 Å². The Kier molecular flexibility index (Phi) is 7.54. The highest BCUT2D eigenvalue weighted by atomic mass is 16.6. The number of carboxylic acid groups (broad SMARTS) is 1. The molecular formula is C38H37NO11. The molecule has 8 rings (SSSR count). The summed E-state index contributed by atoms with van der Waals surface area (Å²) >= 11 is 0. The third kappa shape index (κ3) is 4.98. The molecule has 12 nitrogen and oxygen atoms in total. The lowest BCUT2D eigenvalue weighted by molar-refractivity contribution is -0.188. The number of esters is 3. The lowest BCUT2D eigenvalue weighted by Gasteiger charge is -2.62. The fraction of sp³-hybridized carbons (Fsp3) is 0.447. The summed E-state index contributed by atoms with van der Waals surface area (Å²) in [4.78, 5) is 65.1. The molecule has 2 aliphatic heterocycles. The SMILES string of the molecule is CC(=O)Oc1c(CC(=O)O)ccc2c(OC(C)=O)c(CC(=O)Oc3ccc4c5c3O[C@H]3C(=O)CC[C@@]6(O)[C@@H](C4)N(CC4CC4)CC[C@]536)ccc12. The van der Waals surface area contributed by atoms with Crippen LogP contribution in [0.1, 0.15) is 68.2 Å². The zero-order valence-electron chi connectivity index (χ0n) is 27.8. The highest BCUT2D eigenvalue weighted by Gasteiger charge is 2.73. The van der Waals surface area contributed by atoms with Gasteiger partial charge in [0, 0.05) is 60.3 Å². The second-order valence-corrected chi connectivity index (χ2v) is 14.3. The largest absolute Gasteiger partial charge is 0.481 e. The number of rotatable bonds is 9. The predicted molar refractivity (Wildman–Crippen MR) is 175 cm³/mol. The van der Waals surface area contributed by atoms with Gasteiger partial charge < -0.3 is 29.2 Å². The maximum Gasteiger partial charge on any atom is 0.315 e. The number of fused-ring (bicyclic) bond motifs is 1. The first-order chi connectivity index (χ1) is 23.9. The Hall–Kier alpha value is -4.81. The van der Waals surface area contributed by atoms with Crippen LogP contribution in [0.2, 0.25) is 0 Å². The molecule has 2 saturated carbocycles. The maximum absolute atomic E-state index is 13.6. The van der Waals surface area contributed by atoms with Crippen molar-refractivity contribution in [2.24, 2.45) is 5.92 Å². The van der Waals surface area contributed by atoms with Crippen LogP contribution in [-0.2, 0) is 48.7 Å². The lowest BCUT2D eigenvalue weighted by atomic mass is 9.49. The van der Waals surface area contributed by atoms with Crippen LogP contribution >= 0.6 is 0 Å². The number of carbonyl (C=O) groups excluding carboxylic acids is 4. The van der Waals surface area contributed by atoms with Crippen molar-refractivity contribution in [1.82, 2.24) is 4.90 Å². The molecule has 2 heterocycles. The van der Waals surface area contributed by atoms with Gasteiger partial charge in [-0.05, 0) is 56.2 Å². The minimum Gasteiger partial charge on any atom is -0.481 e. The summed E-state index contributed by atoms with van der Waals surface area (Å²) in [5.74, 6) is -2.02. The van der Waals surface area contributed by atoms with Gasteiger partial charge in [-0.1, -0.05) is 30.3 Å². The van der Waals surface area contributed by atoms with E-state index < -0.39 is 47.4 Å². The molecule has 2 bridgehead atoms. The lowest BCUT2D eigenvalue weighted by Crippen LogP contribution is -2.76. The first-order valence-electron chi connectivity index (χ1n) is 17.1. The molecule has 260 valence electrons. The van der Waals surface area contributed by atoms with Crippen LogP contribution in [0.3, 0.4) is 0 Å². The molecule has 3 aromatic rings. The second-order valence-electron chi connectivity index (χ2n) is 14.3. The van der Waals surface area contributed by atoms with Crippen LogP contribution in [0.25, 0.3) is 10.8 Å². The van der Waals surface area contributed by atoms with Gasteiger partial charge in [0.1, 0.15) is 11.5 Å². The average molecular weight is 684 g/mol. The topological polar surface area (TPSA) is 166 Å². The van der Waals surface area contributed by atoms with E-state index in [0.717, 1.165) is 24.2 Å². The summed E-state index contributed by atoms with van der Waals surface area (Å²) in [6.07, 6.45) is 2.55. The number of likely N-dealkylation sites (tertiary alicyclic amines) is 1. The first-order valence-corrected chi connectivity index (χ1v) is 17.1. The molecular weight excluding hydrogens is 646 g/mol. The number of Topliss-reactive ketones (excluding diaryl/α,β-unsaturated/α-hetero) is 1. The molecule has 1 spiro atoms. The second kappa shape index (κ2) is 11.6. The summed E-state index contributed by atoms with van der Waals surface area (Å²) in [6, 6.07) is 9.58. The number of aliphatic carboxylic acids is 1. The van der Waals surface area contributed by atoms with E-state index in [9.17, 15) is 34.2 Å². The van der Waals surface area contributed by atoms with Gasteiger partial charge in [-0.15, -0.1) is 0 Å². The van der Waals surface area contributed by atoms with Gasteiger partial charge in [0.2, 0.25) is 0 Å². The molecule has 12 heteroatoms. The molecule has 4 atom stereocenters. The fourth-order valence-electron chi connectivity index (χ4n) is 9.06. The predicted octanol–water partition coefficient (Wildman–Crippen LogP) is 3.60. The van der Waals surface area contributed by atoms with Crippen LogP contribution in [0.5, 0.6) is 23.0 Å². The summed E-state index contributed by atoms with van der Waals surface area (Å²) in [6.45, 7) is 4.09. The molecule has 2 N–H and O–H groups in total. The van der Waals surface area contributed by atoms with E-state index in [1.165, 1.54) is 38.8 Å². The summed E-state index contributed by atoms with van der Waals surface area (Å²) in [5, 5.41) is 22.6. The number of ketones is 1. The zero-order chi connectivity index (χ0) is 35.1. The Morgan fingerprint density at radius 2 is 1.56 bits per heavy atom. The molecule has 0 amide bonds. The van der Waals surface area contributed by atoms with Crippen molar-refractivity contribution in [3.05, 3.63) is 58.7 Å². The van der Waals surface area contributed by atoms with Crippen LogP contribution in [-0.4, -0.2) is 75.6 Å².